The molecule has 0 aromatic rings. The predicted octanol–water partition coefficient (Wildman–Crippen LogP) is 1.98. The monoisotopic (exact) mass is 211 g/mol. The van der Waals surface area contributed by atoms with Crippen molar-refractivity contribution in [3.63, 3.8) is 0 Å². The molecule has 0 aromatic carbocycles. The second kappa shape index (κ2) is 3.02. The predicted molar refractivity (Wildman–Crippen MR) is 51.5 cm³/mol. The number of alkyl halides is 2. The van der Waals surface area contributed by atoms with Gasteiger partial charge in [0.2, 0.25) is 0 Å². The third-order valence-electron chi connectivity index (χ3n) is 2.22. The molecular formula is C8H15Cl2NO. The molecule has 1 fully saturated rings. The lowest BCUT2D eigenvalue weighted by atomic mass is 10.1. The number of hydrogen-bond donors (Lipinski definition) is 1. The molecule has 1 rings (SSSR count). The van der Waals surface area contributed by atoms with Gasteiger partial charge in [0, 0.05) is 12.1 Å². The first-order valence-electron chi connectivity index (χ1n) is 4.08. The average Bonchev–Trinajstić information content (AvgIpc) is 2.06. The Balaban J connectivity index is 2.74. The molecule has 0 aromatic heterocycles. The van der Waals surface area contributed by atoms with Crippen molar-refractivity contribution in [3.05, 3.63) is 0 Å². The summed E-state index contributed by atoms with van der Waals surface area (Å²) >= 11 is 11.8. The Hall–Kier alpha value is 0.500. The summed E-state index contributed by atoms with van der Waals surface area (Å²) in [6.07, 6.45) is -0.130. The van der Waals surface area contributed by atoms with Crippen LogP contribution >= 0.6 is 23.2 Å². The molecule has 72 valence electrons. The zero-order valence-electron chi connectivity index (χ0n) is 7.64. The van der Waals surface area contributed by atoms with Crippen LogP contribution in [0.4, 0.5) is 0 Å². The zero-order valence-corrected chi connectivity index (χ0v) is 9.15. The molecule has 1 aliphatic heterocycles. The second-order valence-electron chi connectivity index (χ2n) is 4.25. The lowest BCUT2D eigenvalue weighted by Gasteiger charge is -2.35. The van der Waals surface area contributed by atoms with Gasteiger partial charge >= 0.3 is 0 Å². The van der Waals surface area contributed by atoms with Crippen LogP contribution in [0.5, 0.6) is 0 Å². The maximum atomic E-state index is 9.71. The summed E-state index contributed by atoms with van der Waals surface area (Å²) in [5, 5.41) is 9.71. The van der Waals surface area contributed by atoms with Gasteiger partial charge in [-0.1, -0.05) is 23.2 Å². The van der Waals surface area contributed by atoms with Crippen LogP contribution < -0.4 is 0 Å². The molecule has 1 aliphatic rings. The highest BCUT2D eigenvalue weighted by Gasteiger charge is 2.47. The van der Waals surface area contributed by atoms with Gasteiger partial charge in [-0.15, -0.1) is 0 Å². The van der Waals surface area contributed by atoms with E-state index in [1.54, 1.807) is 0 Å². The molecule has 0 unspecified atom stereocenters. The average molecular weight is 212 g/mol. The Morgan fingerprint density at radius 1 is 1.42 bits per heavy atom. The second-order valence-corrected chi connectivity index (χ2v) is 5.79. The first-order chi connectivity index (χ1) is 5.25. The summed E-state index contributed by atoms with van der Waals surface area (Å²) in [4.78, 5) is 1.91. The van der Waals surface area contributed by atoms with Crippen molar-refractivity contribution >= 4 is 23.2 Å². The van der Waals surface area contributed by atoms with Gasteiger partial charge in [0.05, 0.1) is 0 Å². The van der Waals surface area contributed by atoms with E-state index in [2.05, 4.69) is 0 Å². The fourth-order valence-electron chi connectivity index (χ4n) is 1.45. The minimum absolute atomic E-state index is 0.0784. The molecule has 12 heavy (non-hydrogen) atoms. The molecule has 4 heteroatoms. The van der Waals surface area contributed by atoms with Gasteiger partial charge in [0.1, 0.15) is 6.23 Å². The van der Waals surface area contributed by atoms with Gasteiger partial charge in [-0.3, -0.25) is 4.90 Å². The summed E-state index contributed by atoms with van der Waals surface area (Å²) in [7, 11) is 0. The van der Waals surface area contributed by atoms with Crippen LogP contribution in [0.25, 0.3) is 0 Å². The van der Waals surface area contributed by atoms with Gasteiger partial charge in [0.15, 0.2) is 4.33 Å². The van der Waals surface area contributed by atoms with E-state index >= 15 is 0 Å². The molecule has 1 atom stereocenters. The standard InChI is InChI=1S/C8H15Cl2NO/c1-7(2,3)11-5-4-8(9,10)6(11)12/h6,12H,4-5H2,1-3H3/t6-/m0/s1. The Morgan fingerprint density at radius 2 is 1.92 bits per heavy atom. The quantitative estimate of drug-likeness (QED) is 0.620. The number of nitrogens with zero attached hydrogens (tertiary/aromatic N) is 1. The van der Waals surface area contributed by atoms with Crippen LogP contribution in [0.3, 0.4) is 0 Å². The van der Waals surface area contributed by atoms with Gasteiger partial charge in [0.25, 0.3) is 0 Å². The Bertz CT molecular complexity index is 176. The van der Waals surface area contributed by atoms with E-state index in [4.69, 9.17) is 23.2 Å². The highest BCUT2D eigenvalue weighted by atomic mass is 35.5. The number of hydrogen-bond acceptors (Lipinski definition) is 2. The van der Waals surface area contributed by atoms with Crippen LogP contribution in [-0.2, 0) is 0 Å². The van der Waals surface area contributed by atoms with Crippen molar-refractivity contribution in [2.45, 2.75) is 43.3 Å². The van der Waals surface area contributed by atoms with Gasteiger partial charge in [-0.25, -0.2) is 0 Å². The molecule has 0 bridgehead atoms. The van der Waals surface area contributed by atoms with Crippen LogP contribution in [0.15, 0.2) is 0 Å². The smallest absolute Gasteiger partial charge is 0.158 e. The fourth-order valence-corrected chi connectivity index (χ4v) is 1.86. The van der Waals surface area contributed by atoms with E-state index in [0.717, 1.165) is 6.54 Å². The molecule has 2 nitrogen and oxygen atoms in total. The van der Waals surface area contributed by atoms with Crippen molar-refractivity contribution in [1.82, 2.24) is 4.90 Å². The maximum absolute atomic E-state index is 9.71. The first-order valence-corrected chi connectivity index (χ1v) is 4.83. The Kier molecular flexibility index (Phi) is 2.66. The van der Waals surface area contributed by atoms with E-state index < -0.39 is 10.6 Å². The highest BCUT2D eigenvalue weighted by molar-refractivity contribution is 6.49. The molecule has 0 spiro atoms. The molecule has 1 saturated heterocycles. The largest absolute Gasteiger partial charge is 0.375 e. The first kappa shape index (κ1) is 10.6. The number of rotatable bonds is 0. The summed E-state index contributed by atoms with van der Waals surface area (Å²) < 4.78 is -0.993. The van der Waals surface area contributed by atoms with Crippen molar-refractivity contribution in [2.75, 3.05) is 6.54 Å². The SMILES string of the molecule is CC(C)(C)N1CCC(Cl)(Cl)[C@@H]1O. The van der Waals surface area contributed by atoms with Crippen molar-refractivity contribution in [2.24, 2.45) is 0 Å². The van der Waals surface area contributed by atoms with Crippen LogP contribution in [0.2, 0.25) is 0 Å². The van der Waals surface area contributed by atoms with E-state index in [1.165, 1.54) is 0 Å². The molecule has 1 heterocycles. The summed E-state index contributed by atoms with van der Waals surface area (Å²) in [6.45, 7) is 6.85. The fraction of sp³-hybridized carbons (Fsp3) is 1.00. The van der Waals surface area contributed by atoms with Crippen LogP contribution in [0.1, 0.15) is 27.2 Å². The Labute approximate surface area is 83.4 Å². The van der Waals surface area contributed by atoms with Crippen molar-refractivity contribution < 1.29 is 5.11 Å². The minimum Gasteiger partial charge on any atom is -0.375 e. The van der Waals surface area contributed by atoms with Crippen LogP contribution in [-0.4, -0.2) is 32.7 Å². The molecule has 0 saturated carbocycles. The zero-order chi connectivity index (χ0) is 9.57. The minimum atomic E-state index is -0.993. The maximum Gasteiger partial charge on any atom is 0.158 e. The van der Waals surface area contributed by atoms with Gasteiger partial charge in [-0.05, 0) is 27.2 Å². The van der Waals surface area contributed by atoms with Gasteiger partial charge < -0.3 is 5.11 Å². The molecular weight excluding hydrogens is 197 g/mol. The molecule has 0 amide bonds. The topological polar surface area (TPSA) is 23.5 Å². The molecule has 0 radical (unpaired) electrons. The van der Waals surface area contributed by atoms with E-state index in [9.17, 15) is 5.11 Å². The lowest BCUT2D eigenvalue weighted by molar-refractivity contribution is -0.0216. The van der Waals surface area contributed by atoms with E-state index in [1.807, 2.05) is 25.7 Å². The number of aliphatic hydroxyl groups excluding tert-OH is 1. The summed E-state index contributed by atoms with van der Waals surface area (Å²) in [6, 6.07) is 0. The van der Waals surface area contributed by atoms with E-state index in [-0.39, 0.29) is 5.54 Å². The normalized spacial score (nSPS) is 31.0. The number of aliphatic hydroxyl groups is 1. The van der Waals surface area contributed by atoms with E-state index in [0.29, 0.717) is 6.42 Å². The molecule has 0 aliphatic carbocycles. The highest BCUT2D eigenvalue weighted by Crippen LogP contribution is 2.40. The Morgan fingerprint density at radius 3 is 2.08 bits per heavy atom. The third kappa shape index (κ3) is 1.87. The lowest BCUT2D eigenvalue weighted by Crippen LogP contribution is -2.48. The summed E-state index contributed by atoms with van der Waals surface area (Å²) in [5.41, 5.74) is -0.0784. The third-order valence-corrected chi connectivity index (χ3v) is 2.99. The number of halogens is 2. The van der Waals surface area contributed by atoms with Crippen molar-refractivity contribution in [1.29, 1.82) is 0 Å². The molecule has 1 N–H and O–H groups in total. The summed E-state index contributed by atoms with van der Waals surface area (Å²) in [5.74, 6) is 0. The van der Waals surface area contributed by atoms with Gasteiger partial charge in [-0.2, -0.15) is 0 Å². The van der Waals surface area contributed by atoms with Crippen LogP contribution in [0, 0.1) is 0 Å². The number of likely N-dealkylation sites (tertiary alicyclic amines) is 1. The van der Waals surface area contributed by atoms with Crippen molar-refractivity contribution in [3.8, 4) is 0 Å².